The zero-order valence-corrected chi connectivity index (χ0v) is 10.2. The number of ether oxygens (including phenoxy) is 1. The highest BCUT2D eigenvalue weighted by Gasteiger charge is 2.43. The SMILES string of the molecule is N[C@@H](CS[C@H]1O[C@H](CO)[C@@H](O)[C@H](O)[C@@H]1O)C(=O)O. The molecule has 0 unspecified atom stereocenters. The van der Waals surface area contributed by atoms with Crippen LogP contribution in [0.1, 0.15) is 0 Å². The third-order valence-corrected chi connectivity index (χ3v) is 3.88. The van der Waals surface area contributed by atoms with Crippen molar-refractivity contribution in [3.63, 3.8) is 0 Å². The van der Waals surface area contributed by atoms with Crippen LogP contribution in [0.3, 0.4) is 0 Å². The molecular weight excluding hydrogens is 266 g/mol. The number of aliphatic hydroxyl groups excluding tert-OH is 4. The summed E-state index contributed by atoms with van der Waals surface area (Å²) in [6.45, 7) is -0.521. The summed E-state index contributed by atoms with van der Waals surface area (Å²) < 4.78 is 5.17. The lowest BCUT2D eigenvalue weighted by atomic mass is 10.0. The van der Waals surface area contributed by atoms with E-state index in [1.807, 2.05) is 0 Å². The zero-order valence-electron chi connectivity index (χ0n) is 9.42. The van der Waals surface area contributed by atoms with Crippen molar-refractivity contribution >= 4 is 17.7 Å². The monoisotopic (exact) mass is 283 g/mol. The van der Waals surface area contributed by atoms with Gasteiger partial charge in [-0.15, -0.1) is 11.8 Å². The lowest BCUT2D eigenvalue weighted by Crippen LogP contribution is -2.57. The third kappa shape index (κ3) is 3.54. The Balaban J connectivity index is 2.56. The van der Waals surface area contributed by atoms with E-state index in [1.165, 1.54) is 0 Å². The Morgan fingerprint density at radius 1 is 1.28 bits per heavy atom. The molecule has 1 saturated heterocycles. The summed E-state index contributed by atoms with van der Waals surface area (Å²) in [5.74, 6) is -1.22. The summed E-state index contributed by atoms with van der Waals surface area (Å²) in [6.07, 6.45) is -5.26. The van der Waals surface area contributed by atoms with E-state index in [2.05, 4.69) is 0 Å². The number of hydrogen-bond acceptors (Lipinski definition) is 8. The molecule has 0 amide bonds. The molecular formula is C9H17NO7S. The molecule has 0 aromatic heterocycles. The van der Waals surface area contributed by atoms with Crippen LogP contribution in [-0.2, 0) is 9.53 Å². The summed E-state index contributed by atoms with van der Waals surface area (Å²) in [7, 11) is 0. The minimum atomic E-state index is -1.46. The summed E-state index contributed by atoms with van der Waals surface area (Å²) in [5, 5.41) is 46.2. The average molecular weight is 283 g/mol. The molecule has 0 bridgehead atoms. The van der Waals surface area contributed by atoms with Crippen molar-refractivity contribution in [2.75, 3.05) is 12.4 Å². The first kappa shape index (κ1) is 15.6. The van der Waals surface area contributed by atoms with Crippen LogP contribution in [0.25, 0.3) is 0 Å². The zero-order chi connectivity index (χ0) is 13.9. The van der Waals surface area contributed by atoms with Crippen LogP contribution in [0.4, 0.5) is 0 Å². The van der Waals surface area contributed by atoms with Gasteiger partial charge in [0, 0.05) is 5.75 Å². The van der Waals surface area contributed by atoms with Gasteiger partial charge in [0.25, 0.3) is 0 Å². The molecule has 1 aliphatic heterocycles. The number of nitrogens with two attached hydrogens (primary N) is 1. The number of rotatable bonds is 5. The predicted octanol–water partition coefficient (Wildman–Crippen LogP) is -3.07. The van der Waals surface area contributed by atoms with Gasteiger partial charge in [-0.05, 0) is 0 Å². The quantitative estimate of drug-likeness (QED) is 0.308. The van der Waals surface area contributed by atoms with Gasteiger partial charge < -0.3 is 36.0 Å². The molecule has 0 spiro atoms. The topological polar surface area (TPSA) is 153 Å². The first-order valence-corrected chi connectivity index (χ1v) is 6.33. The second-order valence-electron chi connectivity index (χ2n) is 3.98. The van der Waals surface area contributed by atoms with E-state index >= 15 is 0 Å². The van der Waals surface area contributed by atoms with E-state index in [1.54, 1.807) is 0 Å². The van der Waals surface area contributed by atoms with Crippen LogP contribution in [0, 0.1) is 0 Å². The van der Waals surface area contributed by atoms with Crippen LogP contribution < -0.4 is 5.73 Å². The molecule has 1 heterocycles. The van der Waals surface area contributed by atoms with Gasteiger partial charge in [0.2, 0.25) is 0 Å². The average Bonchev–Trinajstić information content (AvgIpc) is 2.34. The Morgan fingerprint density at radius 2 is 1.89 bits per heavy atom. The van der Waals surface area contributed by atoms with E-state index in [-0.39, 0.29) is 5.75 Å². The number of aliphatic carboxylic acids is 1. The number of aliphatic hydroxyl groups is 4. The van der Waals surface area contributed by atoms with Crippen LogP contribution in [0.15, 0.2) is 0 Å². The highest BCUT2D eigenvalue weighted by molar-refractivity contribution is 7.99. The molecule has 8 nitrogen and oxygen atoms in total. The number of thioether (sulfide) groups is 1. The van der Waals surface area contributed by atoms with Crippen molar-refractivity contribution < 1.29 is 35.1 Å². The van der Waals surface area contributed by atoms with Gasteiger partial charge in [-0.3, -0.25) is 4.79 Å². The van der Waals surface area contributed by atoms with E-state index in [0.29, 0.717) is 0 Å². The molecule has 106 valence electrons. The highest BCUT2D eigenvalue weighted by Crippen LogP contribution is 2.28. The summed E-state index contributed by atoms with van der Waals surface area (Å²) >= 11 is 0.907. The first-order valence-electron chi connectivity index (χ1n) is 5.29. The molecule has 0 aromatic carbocycles. The molecule has 7 N–H and O–H groups in total. The van der Waals surface area contributed by atoms with E-state index in [0.717, 1.165) is 11.8 Å². The summed E-state index contributed by atoms with van der Waals surface area (Å²) in [6, 6.07) is -1.12. The molecule has 18 heavy (non-hydrogen) atoms. The van der Waals surface area contributed by atoms with Gasteiger partial charge >= 0.3 is 5.97 Å². The Morgan fingerprint density at radius 3 is 2.39 bits per heavy atom. The minimum absolute atomic E-state index is 0.0297. The van der Waals surface area contributed by atoms with Gasteiger partial charge in [-0.1, -0.05) is 0 Å². The van der Waals surface area contributed by atoms with Gasteiger partial charge in [-0.2, -0.15) is 0 Å². The van der Waals surface area contributed by atoms with Gasteiger partial charge in [0.1, 0.15) is 35.9 Å². The maximum absolute atomic E-state index is 10.5. The normalized spacial score (nSPS) is 38.4. The number of carboxylic acids is 1. The smallest absolute Gasteiger partial charge is 0.321 e. The van der Waals surface area contributed by atoms with Gasteiger partial charge in [0.15, 0.2) is 0 Å². The number of carboxylic acid groups (broad SMARTS) is 1. The fraction of sp³-hybridized carbons (Fsp3) is 0.889. The van der Waals surface area contributed by atoms with Crippen LogP contribution in [0.5, 0.6) is 0 Å². The minimum Gasteiger partial charge on any atom is -0.480 e. The van der Waals surface area contributed by atoms with Crippen molar-refractivity contribution in [1.82, 2.24) is 0 Å². The lowest BCUT2D eigenvalue weighted by molar-refractivity contribution is -0.205. The molecule has 1 fully saturated rings. The molecule has 6 atom stereocenters. The Labute approximate surface area is 107 Å². The van der Waals surface area contributed by atoms with Crippen molar-refractivity contribution in [3.8, 4) is 0 Å². The van der Waals surface area contributed by atoms with Gasteiger partial charge in [-0.25, -0.2) is 0 Å². The fourth-order valence-corrected chi connectivity index (χ4v) is 2.59. The Bertz CT molecular complexity index is 290. The van der Waals surface area contributed by atoms with Crippen LogP contribution in [0.2, 0.25) is 0 Å². The van der Waals surface area contributed by atoms with E-state index < -0.39 is 48.5 Å². The fourth-order valence-electron chi connectivity index (χ4n) is 1.47. The van der Waals surface area contributed by atoms with Crippen molar-refractivity contribution in [2.24, 2.45) is 5.73 Å². The molecule has 9 heteroatoms. The standard InChI is InChI=1S/C9H17NO7S/c10-3(8(15)16)2-18-9-7(14)6(13)5(12)4(1-11)17-9/h3-7,9,11-14H,1-2,10H2,(H,15,16)/t3-,4+,5+,6-,7-,9+/m0/s1. The number of carbonyl (C=O) groups is 1. The largest absolute Gasteiger partial charge is 0.480 e. The molecule has 1 rings (SSSR count). The summed E-state index contributed by atoms with van der Waals surface area (Å²) in [5.41, 5.74) is 4.34. The van der Waals surface area contributed by atoms with Gasteiger partial charge in [0.05, 0.1) is 6.61 Å². The third-order valence-electron chi connectivity index (χ3n) is 2.61. The maximum atomic E-state index is 10.5. The van der Waals surface area contributed by atoms with Crippen molar-refractivity contribution in [2.45, 2.75) is 35.9 Å². The first-order chi connectivity index (χ1) is 8.38. The molecule has 0 aliphatic carbocycles. The van der Waals surface area contributed by atoms with Crippen molar-refractivity contribution in [1.29, 1.82) is 0 Å². The molecule has 0 aromatic rings. The van der Waals surface area contributed by atoms with Crippen LogP contribution in [-0.4, -0.2) is 79.8 Å². The predicted molar refractivity (Wildman–Crippen MR) is 61.8 cm³/mol. The Hall–Kier alpha value is -0.420. The lowest BCUT2D eigenvalue weighted by Gasteiger charge is -2.39. The van der Waals surface area contributed by atoms with Crippen LogP contribution >= 0.6 is 11.8 Å². The highest BCUT2D eigenvalue weighted by atomic mass is 32.2. The second kappa shape index (κ2) is 6.66. The maximum Gasteiger partial charge on any atom is 0.321 e. The molecule has 1 aliphatic rings. The Kier molecular flexibility index (Phi) is 5.79. The van der Waals surface area contributed by atoms with E-state index in [9.17, 15) is 20.1 Å². The van der Waals surface area contributed by atoms with E-state index in [4.69, 9.17) is 20.7 Å². The summed E-state index contributed by atoms with van der Waals surface area (Å²) in [4.78, 5) is 10.5. The number of hydrogen-bond donors (Lipinski definition) is 6. The molecule has 0 saturated carbocycles. The molecule has 0 radical (unpaired) electrons. The van der Waals surface area contributed by atoms with Crippen molar-refractivity contribution in [3.05, 3.63) is 0 Å². The second-order valence-corrected chi connectivity index (χ2v) is 5.11.